The van der Waals surface area contributed by atoms with Gasteiger partial charge in [-0.25, -0.2) is 27.9 Å². The minimum atomic E-state index is -3.96. The molecule has 66 heavy (non-hydrogen) atoms. The molecule has 2 unspecified atom stereocenters. The number of sulfonamides is 1. The summed E-state index contributed by atoms with van der Waals surface area (Å²) in [4.78, 5) is 101. The molecule has 4 aromatic rings. The Labute approximate surface area is 375 Å². The number of rotatable bonds is 10. The summed E-state index contributed by atoms with van der Waals surface area (Å²) in [5.74, 6) is 7.63. The molecule has 336 valence electrons. The SMILES string of the molecule is COc1ccc2c(c1)C(=O)N(CC1(C#Cc3ccc(C(=O)CS(N)(=O)=O)cc3)NC(=O)NC1=O)C2.COc1ccc2c(c1)C(=O)N(CC1(C#Cc3ccc(C(=O)O)cc3)NC(=O)NC1=O)C2. The van der Waals surface area contributed by atoms with Gasteiger partial charge in [-0.2, -0.15) is 0 Å². The number of benzene rings is 4. The van der Waals surface area contributed by atoms with E-state index in [0.717, 1.165) is 11.1 Å². The van der Waals surface area contributed by atoms with Gasteiger partial charge in [-0.05, 0) is 71.8 Å². The van der Waals surface area contributed by atoms with Gasteiger partial charge in [0.25, 0.3) is 23.6 Å². The second-order valence-electron chi connectivity index (χ2n) is 15.2. The molecule has 0 radical (unpaired) electrons. The molecule has 21 heteroatoms. The number of carbonyl (C=O) groups is 8. The lowest BCUT2D eigenvalue weighted by Gasteiger charge is -2.26. The standard InChI is InChI=1S/C23H20N4O7S.C22H17N3O6/c1-34-17-7-6-16-11-27(20(29)18(16)10-17)13-23(21(30)25-22(31)26-23)9-8-14-2-4-15(5-3-14)19(28)12-35(24,32)33;1-31-16-7-6-15-11-25(18(26)17(15)10-16)12-22(20(29)23-21(30)24-22)9-8-13-2-4-14(5-3-13)19(27)28/h2-7,10H,11-13H2,1H3,(H2,24,32,33)(H2,25,26,30,31);2-7,10H,11-12H2,1H3,(H,27,28)(H2,23,24,29,30). The van der Waals surface area contributed by atoms with Crippen LogP contribution in [-0.2, 0) is 32.7 Å². The van der Waals surface area contributed by atoms with Crippen molar-refractivity contribution in [2.75, 3.05) is 33.1 Å². The largest absolute Gasteiger partial charge is 0.497 e. The summed E-state index contributed by atoms with van der Waals surface area (Å²) in [5.41, 5.74) is 0.195. The number of imide groups is 2. The third-order valence-corrected chi connectivity index (χ3v) is 11.3. The van der Waals surface area contributed by atoms with Crippen molar-refractivity contribution in [3.63, 3.8) is 0 Å². The first-order chi connectivity index (χ1) is 31.3. The topological polar surface area (TPSA) is 290 Å². The maximum atomic E-state index is 13.0. The molecule has 4 aliphatic heterocycles. The number of nitrogens with one attached hydrogen (secondary N) is 4. The van der Waals surface area contributed by atoms with E-state index in [1.807, 2.05) is 0 Å². The molecule has 0 bridgehead atoms. The van der Waals surface area contributed by atoms with E-state index in [1.165, 1.54) is 72.6 Å². The average Bonchev–Trinajstić information content (AvgIpc) is 3.96. The Morgan fingerprint density at radius 1 is 0.667 bits per heavy atom. The summed E-state index contributed by atoms with van der Waals surface area (Å²) < 4.78 is 32.6. The number of methoxy groups -OCH3 is 2. The molecular weight excluding hydrogens is 879 g/mol. The lowest BCUT2D eigenvalue weighted by Crippen LogP contribution is -2.54. The predicted octanol–water partition coefficient (Wildman–Crippen LogP) is 0.731. The molecule has 8 rings (SSSR count). The number of ketones is 1. The van der Waals surface area contributed by atoms with E-state index < -0.39 is 62.5 Å². The molecule has 4 aliphatic rings. The van der Waals surface area contributed by atoms with Crippen molar-refractivity contribution in [1.82, 2.24) is 31.1 Å². The highest BCUT2D eigenvalue weighted by Gasteiger charge is 2.49. The van der Waals surface area contributed by atoms with Crippen molar-refractivity contribution >= 4 is 57.5 Å². The average molecular weight is 916 g/mol. The fourth-order valence-corrected chi connectivity index (χ4v) is 7.82. The monoisotopic (exact) mass is 915 g/mol. The number of nitrogens with zero attached hydrogens (tertiary/aromatic N) is 2. The van der Waals surface area contributed by atoms with Crippen molar-refractivity contribution < 1.29 is 61.4 Å². The van der Waals surface area contributed by atoms with E-state index in [1.54, 1.807) is 36.4 Å². The fourth-order valence-electron chi connectivity index (χ4n) is 7.28. The number of carboxylic acids is 1. The third kappa shape index (κ3) is 9.67. The van der Waals surface area contributed by atoms with Crippen molar-refractivity contribution in [2.24, 2.45) is 5.14 Å². The molecule has 2 saturated heterocycles. The number of fused-ring (bicyclic) bond motifs is 2. The predicted molar refractivity (Wildman–Crippen MR) is 230 cm³/mol. The number of hydrogen-bond donors (Lipinski definition) is 6. The van der Waals surface area contributed by atoms with E-state index in [-0.39, 0.29) is 49.1 Å². The number of primary sulfonamides is 1. The molecule has 4 aromatic carbocycles. The Morgan fingerprint density at radius 3 is 1.42 bits per heavy atom. The Morgan fingerprint density at radius 2 is 1.08 bits per heavy atom. The van der Waals surface area contributed by atoms with Crippen LogP contribution in [0.15, 0.2) is 84.9 Å². The molecule has 7 N–H and O–H groups in total. The third-order valence-electron chi connectivity index (χ3n) is 10.6. The van der Waals surface area contributed by atoms with Gasteiger partial charge in [-0.1, -0.05) is 47.9 Å². The zero-order valence-corrected chi connectivity index (χ0v) is 35.7. The second kappa shape index (κ2) is 17.9. The van der Waals surface area contributed by atoms with Gasteiger partial charge in [0.05, 0.1) is 32.9 Å². The molecule has 2 atom stereocenters. The number of carboxylic acid groups (broad SMARTS) is 1. The van der Waals surface area contributed by atoms with E-state index in [2.05, 4.69) is 44.9 Å². The molecule has 0 aromatic heterocycles. The number of hydrogen-bond acceptors (Lipinski definition) is 12. The summed E-state index contributed by atoms with van der Waals surface area (Å²) >= 11 is 0. The zero-order chi connectivity index (χ0) is 47.6. The summed E-state index contributed by atoms with van der Waals surface area (Å²) in [7, 11) is -0.968. The first kappa shape index (κ1) is 45.5. The summed E-state index contributed by atoms with van der Waals surface area (Å²) in [6.45, 7) is 0.141. The quantitative estimate of drug-likeness (QED) is 0.0728. The summed E-state index contributed by atoms with van der Waals surface area (Å²) in [6, 6.07) is 20.3. The highest BCUT2D eigenvalue weighted by Crippen LogP contribution is 2.30. The first-order valence-corrected chi connectivity index (χ1v) is 21.3. The van der Waals surface area contributed by atoms with Crippen LogP contribution in [0.1, 0.15) is 63.7 Å². The first-order valence-electron chi connectivity index (χ1n) is 19.5. The highest BCUT2D eigenvalue weighted by atomic mass is 32.2. The maximum Gasteiger partial charge on any atom is 0.335 e. The molecule has 8 amide bonds. The van der Waals surface area contributed by atoms with Crippen molar-refractivity contribution in [3.8, 4) is 35.2 Å². The fraction of sp³-hybridized carbons (Fsp3) is 0.200. The van der Waals surface area contributed by atoms with Crippen LogP contribution in [0.25, 0.3) is 0 Å². The van der Waals surface area contributed by atoms with Gasteiger partial charge in [-0.15, -0.1) is 0 Å². The van der Waals surface area contributed by atoms with Crippen LogP contribution in [0, 0.1) is 23.7 Å². The summed E-state index contributed by atoms with van der Waals surface area (Å²) in [5, 5.41) is 23.3. The van der Waals surface area contributed by atoms with Crippen molar-refractivity contribution in [2.45, 2.75) is 24.2 Å². The van der Waals surface area contributed by atoms with Gasteiger partial charge < -0.3 is 35.0 Å². The van der Waals surface area contributed by atoms with Crippen LogP contribution in [0.3, 0.4) is 0 Å². The van der Waals surface area contributed by atoms with Crippen LogP contribution in [-0.4, -0.2) is 115 Å². The van der Waals surface area contributed by atoms with Crippen molar-refractivity contribution in [1.29, 1.82) is 0 Å². The van der Waals surface area contributed by atoms with Gasteiger partial charge in [0.15, 0.2) is 5.78 Å². The number of Topliss-reactive ketones (excluding diaryl/α,β-unsaturated/α-hetero) is 1. The number of ether oxygens (including phenoxy) is 2. The zero-order valence-electron chi connectivity index (χ0n) is 34.8. The molecular formula is C45H37N7O13S. The Hall–Kier alpha value is -8.53. The minimum absolute atomic E-state index is 0.100. The van der Waals surface area contributed by atoms with Crippen LogP contribution in [0.2, 0.25) is 0 Å². The summed E-state index contributed by atoms with van der Waals surface area (Å²) in [6.07, 6.45) is 0. The highest BCUT2D eigenvalue weighted by molar-refractivity contribution is 7.89. The molecule has 4 heterocycles. The second-order valence-corrected chi connectivity index (χ2v) is 16.8. The van der Waals surface area contributed by atoms with Crippen molar-refractivity contribution in [3.05, 3.63) is 129 Å². The van der Waals surface area contributed by atoms with Gasteiger partial charge in [0, 0.05) is 40.9 Å². The number of carbonyl (C=O) groups excluding carboxylic acids is 7. The lowest BCUT2D eigenvalue weighted by molar-refractivity contribution is -0.123. The van der Waals surface area contributed by atoms with Gasteiger partial charge in [0.1, 0.15) is 17.3 Å². The van der Waals surface area contributed by atoms with E-state index in [4.69, 9.17) is 19.7 Å². The number of nitrogens with two attached hydrogens (primary N) is 1. The molecule has 0 saturated carbocycles. The molecule has 20 nitrogen and oxygen atoms in total. The Bertz CT molecular complexity index is 3010. The minimum Gasteiger partial charge on any atom is -0.497 e. The van der Waals surface area contributed by atoms with E-state index >= 15 is 0 Å². The van der Waals surface area contributed by atoms with Gasteiger partial charge >= 0.3 is 18.0 Å². The van der Waals surface area contributed by atoms with Crippen LogP contribution in [0.5, 0.6) is 11.5 Å². The smallest absolute Gasteiger partial charge is 0.335 e. The normalized spacial score (nSPS) is 19.1. The molecule has 0 spiro atoms. The number of urea groups is 2. The van der Waals surface area contributed by atoms with Crippen LogP contribution < -0.4 is 35.9 Å². The van der Waals surface area contributed by atoms with Gasteiger partial charge in [0.2, 0.25) is 21.1 Å². The number of aromatic carboxylic acids is 1. The van der Waals surface area contributed by atoms with E-state index in [9.17, 15) is 46.8 Å². The Kier molecular flexibility index (Phi) is 12.4. The van der Waals surface area contributed by atoms with Crippen LogP contribution in [0.4, 0.5) is 9.59 Å². The maximum absolute atomic E-state index is 13.0. The lowest BCUT2D eigenvalue weighted by atomic mass is 9.98. The number of amides is 8. The Balaban J connectivity index is 0.000000198. The van der Waals surface area contributed by atoms with Crippen LogP contribution >= 0.6 is 0 Å². The molecule has 0 aliphatic carbocycles. The van der Waals surface area contributed by atoms with E-state index in [0.29, 0.717) is 33.8 Å². The molecule has 2 fully saturated rings. The van der Waals surface area contributed by atoms with Gasteiger partial charge in [-0.3, -0.25) is 34.6 Å².